The molecule has 1 aliphatic heterocycles. The van der Waals surface area contributed by atoms with Crippen molar-refractivity contribution in [3.8, 4) is 0 Å². The zero-order valence-electron chi connectivity index (χ0n) is 16.9. The molecule has 1 saturated heterocycles. The van der Waals surface area contributed by atoms with Crippen molar-refractivity contribution in [2.45, 2.75) is 24.0 Å². The Hall–Kier alpha value is -2.01. The van der Waals surface area contributed by atoms with Crippen LogP contribution in [0.25, 0.3) is 0 Å². The van der Waals surface area contributed by atoms with Crippen molar-refractivity contribution in [2.24, 2.45) is 0 Å². The molecule has 1 atom stereocenters. The first-order valence-electron chi connectivity index (χ1n) is 9.57. The number of anilines is 1. The molecule has 2 aromatic rings. The molecule has 1 aliphatic rings. The van der Waals surface area contributed by atoms with Gasteiger partial charge in [0.2, 0.25) is 15.9 Å². The van der Waals surface area contributed by atoms with Crippen molar-refractivity contribution >= 4 is 44.8 Å². The van der Waals surface area contributed by atoms with E-state index in [9.17, 15) is 26.4 Å². The second-order valence-electron chi connectivity index (χ2n) is 7.28. The van der Waals surface area contributed by atoms with Crippen molar-refractivity contribution in [1.29, 1.82) is 0 Å². The number of piperazine rings is 1. The summed E-state index contributed by atoms with van der Waals surface area (Å²) in [5.74, 6) is -0.449. The number of alkyl halides is 3. The van der Waals surface area contributed by atoms with Gasteiger partial charge in [0, 0.05) is 36.9 Å². The zero-order valence-corrected chi connectivity index (χ0v) is 19.2. The topological polar surface area (TPSA) is 69.7 Å². The van der Waals surface area contributed by atoms with Crippen LogP contribution in [0.1, 0.15) is 12.5 Å². The van der Waals surface area contributed by atoms with Crippen molar-refractivity contribution < 1.29 is 26.4 Å². The number of carbonyl (C=O) groups is 1. The van der Waals surface area contributed by atoms with Crippen LogP contribution in [0.5, 0.6) is 0 Å². The summed E-state index contributed by atoms with van der Waals surface area (Å²) in [4.78, 5) is 15.7. The summed E-state index contributed by atoms with van der Waals surface area (Å²) < 4.78 is 66.4. The summed E-state index contributed by atoms with van der Waals surface area (Å²) in [6.45, 7) is 2.51. The van der Waals surface area contributed by atoms with E-state index in [1.54, 1.807) is 11.0 Å². The summed E-state index contributed by atoms with van der Waals surface area (Å²) in [6, 6.07) is 7.91. The Morgan fingerprint density at radius 1 is 1.06 bits per heavy atom. The van der Waals surface area contributed by atoms with Crippen molar-refractivity contribution in [1.82, 2.24) is 9.62 Å². The fourth-order valence-electron chi connectivity index (χ4n) is 3.37. The molecule has 0 radical (unpaired) electrons. The second-order valence-corrected chi connectivity index (χ2v) is 9.80. The Bertz CT molecular complexity index is 1100. The van der Waals surface area contributed by atoms with Gasteiger partial charge in [-0.2, -0.15) is 17.9 Å². The highest BCUT2D eigenvalue weighted by atomic mass is 35.5. The summed E-state index contributed by atoms with van der Waals surface area (Å²) in [5.41, 5.74) is -0.326. The molecule has 0 spiro atoms. The van der Waals surface area contributed by atoms with Crippen molar-refractivity contribution in [3.05, 3.63) is 58.1 Å². The van der Waals surface area contributed by atoms with E-state index in [1.807, 2.05) is 0 Å². The van der Waals surface area contributed by atoms with E-state index in [2.05, 4.69) is 4.72 Å². The molecule has 6 nitrogen and oxygen atoms in total. The number of hydrogen-bond acceptors (Lipinski definition) is 4. The van der Waals surface area contributed by atoms with Gasteiger partial charge in [0.05, 0.1) is 16.6 Å². The Morgan fingerprint density at radius 2 is 1.72 bits per heavy atom. The van der Waals surface area contributed by atoms with Crippen LogP contribution in [0.4, 0.5) is 18.9 Å². The maximum atomic E-state index is 13.0. The lowest BCUT2D eigenvalue weighted by Crippen LogP contribution is -2.54. The van der Waals surface area contributed by atoms with E-state index < -0.39 is 33.7 Å². The summed E-state index contributed by atoms with van der Waals surface area (Å²) in [7, 11) is -4.10. The van der Waals surface area contributed by atoms with E-state index in [4.69, 9.17) is 23.2 Å². The van der Waals surface area contributed by atoms with Crippen LogP contribution >= 0.6 is 23.2 Å². The number of sulfonamides is 1. The SMILES string of the molecule is C[C@H](NS(=O)(=O)c1cc(Cl)ccc1Cl)C(=O)N1CCN(c2cccc(C(F)(F)F)c2)CC1. The molecule has 1 amide bonds. The molecule has 0 saturated carbocycles. The molecule has 3 rings (SSSR count). The monoisotopic (exact) mass is 509 g/mol. The van der Waals surface area contributed by atoms with E-state index >= 15 is 0 Å². The number of hydrogen-bond donors (Lipinski definition) is 1. The minimum absolute atomic E-state index is 0.0312. The zero-order chi connectivity index (χ0) is 23.7. The number of nitrogens with one attached hydrogen (secondary N) is 1. The van der Waals surface area contributed by atoms with Crippen molar-refractivity contribution in [2.75, 3.05) is 31.1 Å². The maximum Gasteiger partial charge on any atom is 0.416 e. The summed E-state index contributed by atoms with van der Waals surface area (Å²) >= 11 is 11.8. The van der Waals surface area contributed by atoms with Gasteiger partial charge in [-0.3, -0.25) is 4.79 Å². The second kappa shape index (κ2) is 9.46. The number of amides is 1. The Balaban J connectivity index is 1.63. The van der Waals surface area contributed by atoms with Gasteiger partial charge in [-0.15, -0.1) is 0 Å². The molecule has 174 valence electrons. The molecule has 1 heterocycles. The molecule has 2 aromatic carbocycles. The van der Waals surface area contributed by atoms with E-state index in [-0.39, 0.29) is 28.0 Å². The lowest BCUT2D eigenvalue weighted by atomic mass is 10.1. The number of halogens is 5. The predicted molar refractivity (Wildman–Crippen MR) is 116 cm³/mol. The molecule has 0 aromatic heterocycles. The fourth-order valence-corrected chi connectivity index (χ4v) is 5.33. The number of rotatable bonds is 5. The average molecular weight is 510 g/mol. The van der Waals surface area contributed by atoms with Gasteiger partial charge in [-0.05, 0) is 43.3 Å². The van der Waals surface area contributed by atoms with Crippen LogP contribution in [-0.2, 0) is 21.0 Å². The van der Waals surface area contributed by atoms with E-state index in [1.165, 1.54) is 36.1 Å². The highest BCUT2D eigenvalue weighted by molar-refractivity contribution is 7.89. The van der Waals surface area contributed by atoms with Gasteiger partial charge < -0.3 is 9.80 Å². The predicted octanol–water partition coefficient (Wildman–Crippen LogP) is 4.03. The minimum Gasteiger partial charge on any atom is -0.368 e. The molecular formula is C20H20Cl2F3N3O3S. The van der Waals surface area contributed by atoms with E-state index in [0.717, 1.165) is 12.1 Å². The molecule has 1 N–H and O–H groups in total. The van der Waals surface area contributed by atoms with Gasteiger partial charge in [-0.1, -0.05) is 29.3 Å². The van der Waals surface area contributed by atoms with Crippen LogP contribution in [0.3, 0.4) is 0 Å². The summed E-state index contributed by atoms with van der Waals surface area (Å²) in [6.07, 6.45) is -4.44. The van der Waals surface area contributed by atoms with Gasteiger partial charge in [0.15, 0.2) is 0 Å². The maximum absolute atomic E-state index is 13.0. The number of benzene rings is 2. The Morgan fingerprint density at radius 3 is 2.34 bits per heavy atom. The number of nitrogens with zero attached hydrogens (tertiary/aromatic N) is 2. The first-order chi connectivity index (χ1) is 14.9. The Labute approximate surface area is 193 Å². The average Bonchev–Trinajstić information content (AvgIpc) is 2.74. The standard InChI is InChI=1S/C20H20Cl2F3N3O3S/c1-13(26-32(30,31)18-12-15(21)5-6-17(18)22)19(29)28-9-7-27(8-10-28)16-4-2-3-14(11-16)20(23,24)25/h2-6,11-13,26H,7-10H2,1H3/t13-/m0/s1. The molecule has 1 fully saturated rings. The number of carbonyl (C=O) groups excluding carboxylic acids is 1. The van der Waals surface area contributed by atoms with Crippen LogP contribution in [0, 0.1) is 0 Å². The third kappa shape index (κ3) is 5.67. The van der Waals surface area contributed by atoms with Gasteiger partial charge in [-0.25, -0.2) is 8.42 Å². The summed E-state index contributed by atoms with van der Waals surface area (Å²) in [5, 5.41) is 0.149. The molecule has 0 aliphatic carbocycles. The first kappa shape index (κ1) is 24.6. The van der Waals surface area contributed by atoms with Crippen molar-refractivity contribution in [3.63, 3.8) is 0 Å². The smallest absolute Gasteiger partial charge is 0.368 e. The van der Waals surface area contributed by atoms with Gasteiger partial charge in [0.25, 0.3) is 0 Å². The van der Waals surface area contributed by atoms with Crippen LogP contribution in [0.15, 0.2) is 47.4 Å². The first-order valence-corrected chi connectivity index (χ1v) is 11.8. The minimum atomic E-state index is -4.44. The highest BCUT2D eigenvalue weighted by Gasteiger charge is 2.32. The lowest BCUT2D eigenvalue weighted by Gasteiger charge is -2.37. The third-order valence-corrected chi connectivity index (χ3v) is 7.27. The molecule has 0 bridgehead atoms. The fraction of sp³-hybridized carbons (Fsp3) is 0.350. The van der Waals surface area contributed by atoms with Crippen LogP contribution < -0.4 is 9.62 Å². The molecule has 12 heteroatoms. The van der Waals surface area contributed by atoms with Crippen LogP contribution in [0.2, 0.25) is 10.0 Å². The molecule has 0 unspecified atom stereocenters. The lowest BCUT2D eigenvalue weighted by molar-refractivity contribution is -0.137. The highest BCUT2D eigenvalue weighted by Crippen LogP contribution is 2.32. The van der Waals surface area contributed by atoms with Crippen LogP contribution in [-0.4, -0.2) is 51.4 Å². The largest absolute Gasteiger partial charge is 0.416 e. The van der Waals surface area contributed by atoms with Gasteiger partial charge >= 0.3 is 6.18 Å². The third-order valence-electron chi connectivity index (χ3n) is 5.02. The quantitative estimate of drug-likeness (QED) is 0.660. The normalized spacial score (nSPS) is 16.2. The molecule has 32 heavy (non-hydrogen) atoms. The molecular weight excluding hydrogens is 490 g/mol. The Kier molecular flexibility index (Phi) is 7.28. The van der Waals surface area contributed by atoms with Gasteiger partial charge in [0.1, 0.15) is 4.90 Å². The van der Waals surface area contributed by atoms with E-state index in [0.29, 0.717) is 18.8 Å².